The van der Waals surface area contributed by atoms with Gasteiger partial charge in [-0.15, -0.1) is 0 Å². The van der Waals surface area contributed by atoms with Crippen molar-refractivity contribution in [2.75, 3.05) is 12.8 Å². The van der Waals surface area contributed by atoms with Gasteiger partial charge in [0.05, 0.1) is 23.9 Å². The molecule has 0 saturated heterocycles. The maximum atomic E-state index is 12.6. The number of benzene rings is 2. The Morgan fingerprint density at radius 1 is 1.29 bits per heavy atom. The molecule has 0 bridgehead atoms. The molecule has 3 rings (SSSR count). The molecule has 6 nitrogen and oxygen atoms in total. The molecule has 106 valence electrons. The molecule has 3 aromatic rings. The van der Waals surface area contributed by atoms with Crippen LogP contribution >= 0.6 is 0 Å². The van der Waals surface area contributed by atoms with Gasteiger partial charge in [0, 0.05) is 5.56 Å². The highest BCUT2D eigenvalue weighted by Crippen LogP contribution is 2.28. The van der Waals surface area contributed by atoms with Crippen LogP contribution in [0.1, 0.15) is 15.9 Å². The minimum Gasteiger partial charge on any atom is -0.494 e. The van der Waals surface area contributed by atoms with E-state index in [2.05, 4.69) is 4.98 Å². The number of carbonyl (C=O) groups is 1. The monoisotopic (exact) mass is 284 g/mol. The van der Waals surface area contributed by atoms with Crippen LogP contribution in [-0.2, 0) is 0 Å². The Bertz CT molecular complexity index is 892. The number of ketones is 1. The highest BCUT2D eigenvalue weighted by molar-refractivity contribution is 6.12. The first-order valence-electron chi connectivity index (χ1n) is 6.20. The Hall–Kier alpha value is -3.02. The number of rotatable bonds is 3. The van der Waals surface area contributed by atoms with Crippen molar-refractivity contribution in [2.45, 2.75) is 0 Å². The zero-order valence-corrected chi connectivity index (χ0v) is 11.2. The third kappa shape index (κ3) is 2.16. The lowest BCUT2D eigenvalue weighted by Gasteiger charge is -2.09. The predicted molar refractivity (Wildman–Crippen MR) is 77.7 cm³/mol. The van der Waals surface area contributed by atoms with Crippen molar-refractivity contribution in [3.8, 4) is 5.75 Å². The molecule has 0 spiro atoms. The van der Waals surface area contributed by atoms with Gasteiger partial charge in [0.1, 0.15) is 0 Å². The van der Waals surface area contributed by atoms with E-state index in [1.165, 1.54) is 13.2 Å². The summed E-state index contributed by atoms with van der Waals surface area (Å²) < 4.78 is 10.1. The lowest BCUT2D eigenvalue weighted by Crippen LogP contribution is -2.05. The van der Waals surface area contributed by atoms with Gasteiger partial charge in [-0.2, -0.15) is 0 Å². The summed E-state index contributed by atoms with van der Waals surface area (Å²) in [4.78, 5) is 26.2. The molecule has 1 aromatic heterocycles. The number of aromatic amines is 1. The molecule has 0 aliphatic carbocycles. The third-order valence-corrected chi connectivity index (χ3v) is 3.18. The van der Waals surface area contributed by atoms with Gasteiger partial charge in [-0.3, -0.25) is 9.78 Å². The van der Waals surface area contributed by atoms with Crippen LogP contribution in [0.2, 0.25) is 0 Å². The van der Waals surface area contributed by atoms with Crippen molar-refractivity contribution >= 4 is 22.6 Å². The lowest BCUT2D eigenvalue weighted by molar-refractivity contribution is 0.103. The summed E-state index contributed by atoms with van der Waals surface area (Å²) >= 11 is 0. The second kappa shape index (κ2) is 4.82. The van der Waals surface area contributed by atoms with Gasteiger partial charge in [-0.05, 0) is 30.3 Å². The molecule has 2 aromatic carbocycles. The van der Waals surface area contributed by atoms with Gasteiger partial charge in [-0.1, -0.05) is 6.07 Å². The number of hydrogen-bond donors (Lipinski definition) is 2. The Morgan fingerprint density at radius 2 is 2.10 bits per heavy atom. The summed E-state index contributed by atoms with van der Waals surface area (Å²) in [5, 5.41) is 0. The second-order valence-electron chi connectivity index (χ2n) is 4.48. The van der Waals surface area contributed by atoms with Gasteiger partial charge >= 0.3 is 5.76 Å². The number of nitrogen functional groups attached to an aromatic ring is 1. The number of methoxy groups -OCH3 is 1. The Morgan fingerprint density at radius 3 is 2.86 bits per heavy atom. The number of anilines is 1. The molecule has 0 aliphatic rings. The summed E-state index contributed by atoms with van der Waals surface area (Å²) in [7, 11) is 1.46. The molecular formula is C15H12N2O4. The molecule has 0 amide bonds. The van der Waals surface area contributed by atoms with E-state index in [1.807, 2.05) is 0 Å². The van der Waals surface area contributed by atoms with E-state index in [0.717, 1.165) is 0 Å². The van der Waals surface area contributed by atoms with E-state index in [9.17, 15) is 9.59 Å². The zero-order valence-electron chi connectivity index (χ0n) is 11.2. The fourth-order valence-corrected chi connectivity index (χ4v) is 2.20. The van der Waals surface area contributed by atoms with Gasteiger partial charge < -0.3 is 14.9 Å². The molecule has 0 aliphatic heterocycles. The lowest BCUT2D eigenvalue weighted by atomic mass is 10.0. The van der Waals surface area contributed by atoms with Crippen molar-refractivity contribution in [1.82, 2.24) is 4.98 Å². The number of para-hydroxylation sites is 1. The van der Waals surface area contributed by atoms with Crippen LogP contribution in [0.3, 0.4) is 0 Å². The van der Waals surface area contributed by atoms with Crippen molar-refractivity contribution in [3.05, 3.63) is 58.1 Å². The molecule has 21 heavy (non-hydrogen) atoms. The first kappa shape index (κ1) is 13.0. The summed E-state index contributed by atoms with van der Waals surface area (Å²) in [5.74, 6) is -0.487. The fraction of sp³-hybridized carbons (Fsp3) is 0.0667. The molecule has 6 heteroatoms. The van der Waals surface area contributed by atoms with Crippen molar-refractivity contribution in [2.24, 2.45) is 0 Å². The molecule has 0 radical (unpaired) electrons. The number of carbonyl (C=O) groups excluding carboxylic acids is 1. The molecule has 0 fully saturated rings. The second-order valence-corrected chi connectivity index (χ2v) is 4.48. The SMILES string of the molecule is COc1c(N)cccc1C(=O)c1ccc2[nH]c(=O)oc2c1. The number of nitrogens with two attached hydrogens (primary N) is 1. The van der Waals surface area contributed by atoms with Crippen LogP contribution in [0, 0.1) is 0 Å². The van der Waals surface area contributed by atoms with Gasteiger partial charge in [0.25, 0.3) is 0 Å². The van der Waals surface area contributed by atoms with E-state index in [1.54, 1.807) is 30.3 Å². The van der Waals surface area contributed by atoms with Crippen molar-refractivity contribution in [3.63, 3.8) is 0 Å². The summed E-state index contributed by atoms with van der Waals surface area (Å²) in [6.45, 7) is 0. The van der Waals surface area contributed by atoms with Crippen LogP contribution in [0.15, 0.2) is 45.6 Å². The Labute approximate surface area is 119 Å². The minimum atomic E-state index is -0.559. The van der Waals surface area contributed by atoms with E-state index < -0.39 is 5.76 Å². The molecule has 0 saturated carbocycles. The van der Waals surface area contributed by atoms with Gasteiger partial charge in [0.2, 0.25) is 0 Å². The minimum absolute atomic E-state index is 0.259. The molecule has 0 unspecified atom stereocenters. The molecule has 3 N–H and O–H groups in total. The highest BCUT2D eigenvalue weighted by atomic mass is 16.5. The number of ether oxygens (including phenoxy) is 1. The van der Waals surface area contributed by atoms with E-state index in [0.29, 0.717) is 33.7 Å². The number of oxazole rings is 1. The van der Waals surface area contributed by atoms with Gasteiger partial charge in [-0.25, -0.2) is 4.79 Å². The number of hydrogen-bond acceptors (Lipinski definition) is 5. The van der Waals surface area contributed by atoms with Crippen molar-refractivity contribution in [1.29, 1.82) is 0 Å². The highest BCUT2D eigenvalue weighted by Gasteiger charge is 2.17. The van der Waals surface area contributed by atoms with E-state index >= 15 is 0 Å². The number of nitrogens with one attached hydrogen (secondary N) is 1. The largest absolute Gasteiger partial charge is 0.494 e. The topological polar surface area (TPSA) is 98.3 Å². The first-order chi connectivity index (χ1) is 10.1. The van der Waals surface area contributed by atoms with Crippen LogP contribution in [0.25, 0.3) is 11.1 Å². The number of H-pyrrole nitrogens is 1. The standard InChI is InChI=1S/C15H12N2O4/c1-20-14-9(3-2-4-10(14)16)13(18)8-5-6-11-12(7-8)21-15(19)17-11/h2-7H,16H2,1H3,(H,17,19). The summed E-state index contributed by atoms with van der Waals surface area (Å²) in [6.07, 6.45) is 0. The number of fused-ring (bicyclic) bond motifs is 1. The maximum Gasteiger partial charge on any atom is 0.417 e. The molecular weight excluding hydrogens is 272 g/mol. The van der Waals surface area contributed by atoms with Gasteiger partial charge in [0.15, 0.2) is 17.1 Å². The van der Waals surface area contributed by atoms with Crippen LogP contribution in [-0.4, -0.2) is 17.9 Å². The predicted octanol–water partition coefficient (Wildman–Crippen LogP) is 1.94. The van der Waals surface area contributed by atoms with E-state index in [-0.39, 0.29) is 5.78 Å². The Balaban J connectivity index is 2.12. The average Bonchev–Trinajstić information content (AvgIpc) is 2.85. The quantitative estimate of drug-likeness (QED) is 0.565. The number of aromatic nitrogens is 1. The van der Waals surface area contributed by atoms with Crippen LogP contribution in [0.5, 0.6) is 5.75 Å². The maximum absolute atomic E-state index is 12.6. The Kier molecular flexibility index (Phi) is 2.98. The first-order valence-corrected chi connectivity index (χ1v) is 6.20. The molecule has 0 atom stereocenters. The van der Waals surface area contributed by atoms with Crippen LogP contribution < -0.4 is 16.2 Å². The van der Waals surface area contributed by atoms with Crippen molar-refractivity contribution < 1.29 is 13.9 Å². The normalized spacial score (nSPS) is 10.7. The van der Waals surface area contributed by atoms with Crippen LogP contribution in [0.4, 0.5) is 5.69 Å². The third-order valence-electron chi connectivity index (χ3n) is 3.18. The average molecular weight is 284 g/mol. The molecule has 1 heterocycles. The summed E-state index contributed by atoms with van der Waals surface area (Å²) in [5.41, 5.74) is 7.79. The summed E-state index contributed by atoms with van der Waals surface area (Å²) in [6, 6.07) is 9.71. The smallest absolute Gasteiger partial charge is 0.417 e. The van der Waals surface area contributed by atoms with E-state index in [4.69, 9.17) is 14.9 Å². The fourth-order valence-electron chi connectivity index (χ4n) is 2.20. The zero-order chi connectivity index (χ0) is 15.0.